The van der Waals surface area contributed by atoms with E-state index in [1.807, 2.05) is 42.8 Å². The van der Waals surface area contributed by atoms with Crippen molar-refractivity contribution in [2.75, 3.05) is 13.7 Å². The number of nitrogens with one attached hydrogen (secondary N) is 2. The fourth-order valence-electron chi connectivity index (χ4n) is 3.11. The molecule has 1 aromatic carbocycles. The summed E-state index contributed by atoms with van der Waals surface area (Å²) in [5.41, 5.74) is 1.34. The first-order valence-corrected chi connectivity index (χ1v) is 10.8. The normalized spacial score (nSPS) is 11.7. The highest BCUT2D eigenvalue weighted by Crippen LogP contribution is 2.22. The second-order valence-corrected chi connectivity index (χ2v) is 8.56. The molecule has 31 heavy (non-hydrogen) atoms. The molecule has 0 saturated carbocycles. The van der Waals surface area contributed by atoms with Gasteiger partial charge in [-0.1, -0.05) is 52.2 Å². The third-order valence-electron chi connectivity index (χ3n) is 5.37. The van der Waals surface area contributed by atoms with E-state index >= 15 is 0 Å². The van der Waals surface area contributed by atoms with E-state index in [0.717, 1.165) is 35.5 Å². The van der Waals surface area contributed by atoms with Gasteiger partial charge in [0.2, 0.25) is 0 Å². The molecule has 0 aliphatic rings. The van der Waals surface area contributed by atoms with Crippen molar-refractivity contribution < 1.29 is 4.74 Å². The van der Waals surface area contributed by atoms with Gasteiger partial charge in [-0.25, -0.2) is 4.99 Å². The summed E-state index contributed by atoms with van der Waals surface area (Å²) in [6.45, 7) is 10.8. The number of benzene rings is 1. The van der Waals surface area contributed by atoms with Crippen LogP contribution in [0.5, 0.6) is 5.75 Å². The number of hydrogen-bond acceptors (Lipinski definition) is 4. The number of rotatable bonds is 11. The molecule has 2 aromatic rings. The SMILES string of the molecule is CCCCCC(C)(C)CNC(=NCc1ccc(OC)cc1)NCc1nnc(C)n1C.I. The fraction of sp³-hybridized carbons (Fsp3) is 0.609. The molecule has 0 amide bonds. The highest BCUT2D eigenvalue weighted by atomic mass is 127. The van der Waals surface area contributed by atoms with Crippen molar-refractivity contribution in [3.8, 4) is 5.75 Å². The summed E-state index contributed by atoms with van der Waals surface area (Å²) in [4.78, 5) is 4.80. The lowest BCUT2D eigenvalue weighted by molar-refractivity contribution is 0.318. The minimum Gasteiger partial charge on any atom is -0.497 e. The first-order chi connectivity index (χ1) is 14.3. The van der Waals surface area contributed by atoms with Crippen LogP contribution in [0, 0.1) is 12.3 Å². The minimum atomic E-state index is 0. The van der Waals surface area contributed by atoms with Gasteiger partial charge in [0.1, 0.15) is 11.6 Å². The van der Waals surface area contributed by atoms with Crippen molar-refractivity contribution >= 4 is 29.9 Å². The first-order valence-electron chi connectivity index (χ1n) is 10.8. The van der Waals surface area contributed by atoms with Gasteiger partial charge in [0, 0.05) is 13.6 Å². The molecule has 0 radical (unpaired) electrons. The molecule has 0 spiro atoms. The van der Waals surface area contributed by atoms with Crippen LogP contribution >= 0.6 is 24.0 Å². The second-order valence-electron chi connectivity index (χ2n) is 8.56. The molecule has 2 N–H and O–H groups in total. The van der Waals surface area contributed by atoms with Gasteiger partial charge in [0.15, 0.2) is 11.8 Å². The van der Waals surface area contributed by atoms with E-state index in [-0.39, 0.29) is 29.4 Å². The zero-order valence-corrected chi connectivity index (χ0v) is 22.2. The maximum atomic E-state index is 5.24. The highest BCUT2D eigenvalue weighted by Gasteiger charge is 2.18. The molecule has 0 atom stereocenters. The van der Waals surface area contributed by atoms with Gasteiger partial charge in [-0.05, 0) is 36.5 Å². The Hall–Kier alpha value is -1.84. The van der Waals surface area contributed by atoms with Crippen LogP contribution in [-0.2, 0) is 20.1 Å². The third kappa shape index (κ3) is 9.45. The molecule has 174 valence electrons. The van der Waals surface area contributed by atoms with Crippen LogP contribution in [0.1, 0.15) is 63.7 Å². The number of aliphatic imine (C=N–C) groups is 1. The Kier molecular flexibility index (Phi) is 11.9. The van der Waals surface area contributed by atoms with Gasteiger partial charge < -0.3 is 19.9 Å². The van der Waals surface area contributed by atoms with E-state index in [1.54, 1.807) is 7.11 Å². The number of methoxy groups -OCH3 is 1. The zero-order valence-electron chi connectivity index (χ0n) is 19.9. The molecule has 1 aromatic heterocycles. The highest BCUT2D eigenvalue weighted by molar-refractivity contribution is 14.0. The molecule has 8 heteroatoms. The molecule has 0 aliphatic heterocycles. The molecule has 0 unspecified atom stereocenters. The lowest BCUT2D eigenvalue weighted by Crippen LogP contribution is -2.42. The maximum Gasteiger partial charge on any atom is 0.191 e. The van der Waals surface area contributed by atoms with Crippen LogP contribution in [0.4, 0.5) is 0 Å². The summed E-state index contributed by atoms with van der Waals surface area (Å²) in [5, 5.41) is 15.3. The molecule has 2 rings (SSSR count). The van der Waals surface area contributed by atoms with E-state index in [9.17, 15) is 0 Å². The van der Waals surface area contributed by atoms with Gasteiger partial charge >= 0.3 is 0 Å². The first kappa shape index (κ1) is 27.2. The van der Waals surface area contributed by atoms with Gasteiger partial charge in [-0.3, -0.25) is 0 Å². The summed E-state index contributed by atoms with van der Waals surface area (Å²) in [6, 6.07) is 8.01. The molecule has 0 fully saturated rings. The van der Waals surface area contributed by atoms with Crippen molar-refractivity contribution in [2.45, 2.75) is 66.5 Å². The predicted molar refractivity (Wildman–Crippen MR) is 138 cm³/mol. The number of nitrogens with zero attached hydrogens (tertiary/aromatic N) is 4. The number of aryl methyl sites for hydroxylation is 1. The third-order valence-corrected chi connectivity index (χ3v) is 5.37. The number of guanidine groups is 1. The molecular weight excluding hydrogens is 503 g/mol. The number of halogens is 1. The number of hydrogen-bond donors (Lipinski definition) is 2. The van der Waals surface area contributed by atoms with Gasteiger partial charge in [0.05, 0.1) is 20.2 Å². The second kappa shape index (κ2) is 13.5. The van der Waals surface area contributed by atoms with E-state index in [4.69, 9.17) is 9.73 Å². The fourth-order valence-corrected chi connectivity index (χ4v) is 3.11. The monoisotopic (exact) mass is 542 g/mol. The van der Waals surface area contributed by atoms with E-state index < -0.39 is 0 Å². The van der Waals surface area contributed by atoms with Gasteiger partial charge in [-0.15, -0.1) is 34.2 Å². The average Bonchev–Trinajstić information content (AvgIpc) is 3.06. The predicted octanol–water partition coefficient (Wildman–Crippen LogP) is 4.59. The van der Waals surface area contributed by atoms with Crippen LogP contribution in [0.3, 0.4) is 0 Å². The Balaban J connectivity index is 0.00000480. The van der Waals surface area contributed by atoms with Crippen molar-refractivity contribution in [1.29, 1.82) is 0 Å². The summed E-state index contributed by atoms with van der Waals surface area (Å²) in [5.74, 6) is 3.42. The molecule has 0 aliphatic carbocycles. The molecule has 7 nitrogen and oxygen atoms in total. The Bertz CT molecular complexity index is 801. The van der Waals surface area contributed by atoms with Crippen molar-refractivity contribution in [1.82, 2.24) is 25.4 Å². The molecule has 0 bridgehead atoms. The molecule has 1 heterocycles. The van der Waals surface area contributed by atoms with Gasteiger partial charge in [0.25, 0.3) is 0 Å². The van der Waals surface area contributed by atoms with Crippen LogP contribution < -0.4 is 15.4 Å². The Morgan fingerprint density at radius 3 is 2.42 bits per heavy atom. The molecular formula is C23H39IN6O. The Labute approximate surface area is 204 Å². The lowest BCUT2D eigenvalue weighted by atomic mass is 9.87. The Morgan fingerprint density at radius 2 is 1.84 bits per heavy atom. The standard InChI is InChI=1S/C23H38N6O.HI/c1-7-8-9-14-23(3,4)17-26-22(25-16-21-28-27-18(2)29(21)5)24-15-19-10-12-20(30-6)13-11-19;/h10-13H,7-9,14-17H2,1-6H3,(H2,24,25,26);1H. The van der Waals surface area contributed by atoms with Crippen LogP contribution in [-0.4, -0.2) is 34.4 Å². The number of aromatic nitrogens is 3. The lowest BCUT2D eigenvalue weighted by Gasteiger charge is -2.26. The smallest absolute Gasteiger partial charge is 0.191 e. The van der Waals surface area contributed by atoms with Crippen molar-refractivity contribution in [3.05, 3.63) is 41.5 Å². The zero-order chi connectivity index (χ0) is 22.0. The maximum absolute atomic E-state index is 5.24. The summed E-state index contributed by atoms with van der Waals surface area (Å²) in [7, 11) is 3.65. The minimum absolute atomic E-state index is 0. The van der Waals surface area contributed by atoms with Crippen LogP contribution in [0.2, 0.25) is 0 Å². The largest absolute Gasteiger partial charge is 0.497 e. The summed E-state index contributed by atoms with van der Waals surface area (Å²) < 4.78 is 7.22. The molecule has 0 saturated heterocycles. The summed E-state index contributed by atoms with van der Waals surface area (Å²) in [6.07, 6.45) is 4.99. The Morgan fingerprint density at radius 1 is 1.13 bits per heavy atom. The number of unbranched alkanes of at least 4 members (excludes halogenated alkanes) is 2. The summed E-state index contributed by atoms with van der Waals surface area (Å²) >= 11 is 0. The van der Waals surface area contributed by atoms with E-state index in [1.165, 1.54) is 25.7 Å². The average molecular weight is 543 g/mol. The topological polar surface area (TPSA) is 76.4 Å². The van der Waals surface area contributed by atoms with Crippen molar-refractivity contribution in [2.24, 2.45) is 17.5 Å². The quantitative estimate of drug-likeness (QED) is 0.188. The van der Waals surface area contributed by atoms with Gasteiger partial charge in [-0.2, -0.15) is 0 Å². The van der Waals surface area contributed by atoms with Crippen molar-refractivity contribution in [3.63, 3.8) is 0 Å². The van der Waals surface area contributed by atoms with E-state index in [2.05, 4.69) is 41.6 Å². The number of ether oxygens (including phenoxy) is 1. The van der Waals surface area contributed by atoms with Crippen LogP contribution in [0.15, 0.2) is 29.3 Å². The van der Waals surface area contributed by atoms with E-state index in [0.29, 0.717) is 13.1 Å². The van der Waals surface area contributed by atoms with Crippen LogP contribution in [0.25, 0.3) is 0 Å².